The minimum atomic E-state index is -0.294. The van der Waals surface area contributed by atoms with Gasteiger partial charge in [-0.2, -0.15) is 0 Å². The maximum absolute atomic E-state index is 10.4. The molecule has 0 amide bonds. The molecule has 0 spiro atoms. The van der Waals surface area contributed by atoms with Crippen LogP contribution in [0.15, 0.2) is 47.3 Å². The third kappa shape index (κ3) is 3.30. The monoisotopic (exact) mass is 184 g/mol. The quantitative estimate of drug-likeness (QED) is 0.562. The molecule has 0 saturated carbocycles. The van der Waals surface area contributed by atoms with Crippen LogP contribution in [0.2, 0.25) is 0 Å². The lowest BCUT2D eigenvalue weighted by Crippen LogP contribution is -1.72. The lowest BCUT2D eigenvalue weighted by Gasteiger charge is -1.82. The van der Waals surface area contributed by atoms with Gasteiger partial charge in [-0.3, -0.25) is 0 Å². The van der Waals surface area contributed by atoms with E-state index in [2.05, 4.69) is 0 Å². The van der Waals surface area contributed by atoms with Crippen molar-refractivity contribution in [1.29, 1.82) is 0 Å². The van der Waals surface area contributed by atoms with Crippen molar-refractivity contribution in [3.8, 4) is 0 Å². The summed E-state index contributed by atoms with van der Waals surface area (Å²) < 4.78 is 10.4. The van der Waals surface area contributed by atoms with E-state index >= 15 is 0 Å². The van der Waals surface area contributed by atoms with Gasteiger partial charge in [0.15, 0.2) is 0 Å². The van der Waals surface area contributed by atoms with E-state index in [1.807, 2.05) is 47.3 Å². The van der Waals surface area contributed by atoms with E-state index in [4.69, 9.17) is 0 Å². The van der Waals surface area contributed by atoms with E-state index in [1.165, 1.54) is 0 Å². The van der Waals surface area contributed by atoms with Crippen molar-refractivity contribution in [2.24, 2.45) is 0 Å². The van der Waals surface area contributed by atoms with Crippen molar-refractivity contribution in [2.45, 2.75) is 0 Å². The van der Waals surface area contributed by atoms with Gasteiger partial charge in [0.25, 0.3) is 0 Å². The smallest absolute Gasteiger partial charge is 0.129 e. The second kappa shape index (κ2) is 5.04. The van der Waals surface area contributed by atoms with Crippen LogP contribution in [0.5, 0.6) is 0 Å². The fourth-order valence-electron chi connectivity index (χ4n) is 0.593. The molecule has 0 radical (unpaired) electrons. The summed E-state index contributed by atoms with van der Waals surface area (Å²) in [5, 5.41) is 3.80. The highest BCUT2D eigenvalue weighted by atomic mass is 32.8. The topological polar surface area (TPSA) is 17.1 Å². The molecule has 0 aromatic rings. The van der Waals surface area contributed by atoms with Crippen molar-refractivity contribution in [3.63, 3.8) is 0 Å². The summed E-state index contributed by atoms with van der Waals surface area (Å²) in [4.78, 5) is 0. The Labute approximate surface area is 71.5 Å². The first-order valence-corrected chi connectivity index (χ1v) is 5.75. The first-order chi connectivity index (χ1) is 5.43. The van der Waals surface area contributed by atoms with Gasteiger partial charge in [-0.05, 0) is 20.3 Å². The lowest BCUT2D eigenvalue weighted by molar-refractivity contribution is 0.701. The fourth-order valence-corrected chi connectivity index (χ4v) is 1.92. The molecule has 1 aliphatic rings. The summed E-state index contributed by atoms with van der Waals surface area (Å²) >= 11 is 0. The molecule has 0 fully saturated rings. The minimum absolute atomic E-state index is 0.294. The Bertz CT molecular complexity index is 267. The second-order valence-electron chi connectivity index (χ2n) is 1.82. The second-order valence-corrected chi connectivity index (χ2v) is 4.72. The van der Waals surface area contributed by atoms with Crippen LogP contribution in [0.1, 0.15) is 0 Å². The highest BCUT2D eigenvalue weighted by Crippen LogP contribution is 1.94. The van der Waals surface area contributed by atoms with Crippen LogP contribution in [-0.2, 0) is 19.7 Å². The first kappa shape index (κ1) is 8.43. The molecule has 1 rings (SSSR count). The zero-order valence-corrected chi connectivity index (χ0v) is 7.48. The van der Waals surface area contributed by atoms with Crippen LogP contribution in [0.3, 0.4) is 0 Å². The summed E-state index contributed by atoms with van der Waals surface area (Å²) in [5.41, 5.74) is 0. The summed E-state index contributed by atoms with van der Waals surface area (Å²) in [6, 6.07) is 0. The van der Waals surface area contributed by atoms with Crippen LogP contribution in [0.25, 0.3) is 0 Å². The van der Waals surface area contributed by atoms with E-state index in [0.29, 0.717) is 10.2 Å². The van der Waals surface area contributed by atoms with Crippen molar-refractivity contribution >= 4 is 19.7 Å². The summed E-state index contributed by atoms with van der Waals surface area (Å²) in [6.45, 7) is 0. The first-order valence-electron chi connectivity index (χ1n) is 3.14. The summed E-state index contributed by atoms with van der Waals surface area (Å²) in [5.74, 6) is 0. The van der Waals surface area contributed by atoms with E-state index < -0.39 is 0 Å². The molecular formula is C8H8OS2. The molecule has 1 aliphatic heterocycles. The molecule has 0 aliphatic carbocycles. The van der Waals surface area contributed by atoms with Gasteiger partial charge < -0.3 is 0 Å². The molecule has 3 heteroatoms. The number of allylic oxidation sites excluding steroid dienone is 6. The summed E-state index contributed by atoms with van der Waals surface area (Å²) in [6.07, 6.45) is 11.5. The third-order valence-electron chi connectivity index (χ3n) is 1.06. The largest absolute Gasteiger partial charge is 0.205 e. The highest BCUT2D eigenvalue weighted by molar-refractivity contribution is 8.34. The van der Waals surface area contributed by atoms with Gasteiger partial charge in [-0.1, -0.05) is 36.5 Å². The molecule has 58 valence electrons. The molecule has 0 N–H and O–H groups in total. The molecule has 0 aromatic heterocycles. The Kier molecular flexibility index (Phi) is 3.86. The average Bonchev–Trinajstić information content (AvgIpc) is 2.16. The predicted molar refractivity (Wildman–Crippen MR) is 52.1 cm³/mol. The van der Waals surface area contributed by atoms with Crippen LogP contribution in [-0.4, -0.2) is 4.21 Å². The fraction of sp³-hybridized carbons (Fsp3) is 0. The molecule has 0 aromatic carbocycles. The third-order valence-corrected chi connectivity index (χ3v) is 3.21. The summed E-state index contributed by atoms with van der Waals surface area (Å²) in [7, 11) is 0.320. The molecule has 0 unspecified atom stereocenters. The van der Waals surface area contributed by atoms with Gasteiger partial charge in [0.2, 0.25) is 0 Å². The van der Waals surface area contributed by atoms with E-state index in [1.54, 1.807) is 0 Å². The Morgan fingerprint density at radius 2 is 1.27 bits per heavy atom. The van der Waals surface area contributed by atoms with Gasteiger partial charge >= 0.3 is 0 Å². The molecule has 1 nitrogen and oxygen atoms in total. The average molecular weight is 184 g/mol. The van der Waals surface area contributed by atoms with E-state index in [9.17, 15) is 4.21 Å². The van der Waals surface area contributed by atoms with Gasteiger partial charge in [0.05, 0.1) is 0 Å². The van der Waals surface area contributed by atoms with Gasteiger partial charge in [0, 0.05) is 0 Å². The van der Waals surface area contributed by atoms with Gasteiger partial charge in [-0.15, -0.1) is 0 Å². The Hall–Kier alpha value is -0.670. The van der Waals surface area contributed by atoms with Gasteiger partial charge in [-0.25, -0.2) is 4.21 Å². The van der Waals surface area contributed by atoms with Crippen LogP contribution >= 0.6 is 0 Å². The maximum atomic E-state index is 10.4. The van der Waals surface area contributed by atoms with Crippen LogP contribution < -0.4 is 0 Å². The van der Waals surface area contributed by atoms with Crippen molar-refractivity contribution in [1.82, 2.24) is 0 Å². The molecular weight excluding hydrogens is 176 g/mol. The standard InChI is InChI=1S/C8H8OS2/c9-10-11-7-5-3-1-2-4-6-8-11/h1-8H/b3-1-,4-2-,7-5-,8-6-. The van der Waals surface area contributed by atoms with Crippen LogP contribution in [0, 0.1) is 0 Å². The molecule has 0 atom stereocenters. The predicted octanol–water partition coefficient (Wildman–Crippen LogP) is 1.89. The molecule has 1 heterocycles. The van der Waals surface area contributed by atoms with E-state index in [-0.39, 0.29) is 9.45 Å². The Balaban J connectivity index is 2.94. The molecule has 0 saturated heterocycles. The van der Waals surface area contributed by atoms with Crippen molar-refractivity contribution < 1.29 is 4.21 Å². The van der Waals surface area contributed by atoms with Crippen molar-refractivity contribution in [2.75, 3.05) is 0 Å². The zero-order chi connectivity index (χ0) is 7.94. The van der Waals surface area contributed by atoms with Crippen LogP contribution in [0.4, 0.5) is 0 Å². The highest BCUT2D eigenvalue weighted by Gasteiger charge is 1.80. The normalized spacial score (nSPS) is 29.1. The lowest BCUT2D eigenvalue weighted by atomic mass is 10.4. The SMILES string of the molecule is O=S=S1\C=C/C=C\C=C/C=C\1. The zero-order valence-electron chi connectivity index (χ0n) is 5.84. The molecule has 0 bridgehead atoms. The Morgan fingerprint density at radius 3 is 1.73 bits per heavy atom. The Morgan fingerprint density at radius 1 is 0.818 bits per heavy atom. The van der Waals surface area contributed by atoms with Gasteiger partial charge in [0.1, 0.15) is 10.2 Å². The maximum Gasteiger partial charge on any atom is 0.129 e. The van der Waals surface area contributed by atoms with E-state index in [0.717, 1.165) is 0 Å². The van der Waals surface area contributed by atoms with Crippen molar-refractivity contribution in [3.05, 3.63) is 47.3 Å². The number of hydrogen-bond donors (Lipinski definition) is 0. The number of hydrogen-bond acceptors (Lipinski definition) is 1. The number of rotatable bonds is 0. The minimum Gasteiger partial charge on any atom is -0.205 e. The molecule has 11 heavy (non-hydrogen) atoms.